The van der Waals surface area contributed by atoms with E-state index in [1.165, 1.54) is 49.5 Å². The highest BCUT2D eigenvalue weighted by Crippen LogP contribution is 2.59. The number of carbonyl (C=O) groups is 8. The molecule has 4 saturated carbocycles. The maximum absolute atomic E-state index is 16.2. The van der Waals surface area contributed by atoms with E-state index in [0.29, 0.717) is 11.8 Å². The Bertz CT molecular complexity index is 4900. The maximum atomic E-state index is 16.2. The first kappa shape index (κ1) is 82.2. The average molecular weight is 1640 g/mol. The molecule has 5 fully saturated rings. The first-order chi connectivity index (χ1) is 54.1. The van der Waals surface area contributed by atoms with Crippen LogP contribution in [0.15, 0.2) is 108 Å². The summed E-state index contributed by atoms with van der Waals surface area (Å²) in [4.78, 5) is 120. The number of fused-ring (bicyclic) bond motifs is 16. The molecular formula is C77H86Cl2N10O24S. The van der Waals surface area contributed by atoms with Crippen LogP contribution in [0, 0.1) is 29.6 Å². The highest BCUT2D eigenvalue weighted by molar-refractivity contribution is 7.90. The number of hydrogen-bond donors (Lipinski definition) is 19. The predicted octanol–water partition coefficient (Wildman–Crippen LogP) is 1.16. The van der Waals surface area contributed by atoms with Gasteiger partial charge in [0.25, 0.3) is 10.0 Å². The van der Waals surface area contributed by atoms with Crippen molar-refractivity contribution in [2.45, 2.75) is 155 Å². The Morgan fingerprint density at radius 2 is 1.38 bits per heavy atom. The second-order valence-electron chi connectivity index (χ2n) is 30.0. The molecule has 5 heterocycles. The molecule has 1 saturated heterocycles. The number of sulfonamides is 1. The summed E-state index contributed by atoms with van der Waals surface area (Å²) >= 11 is 14.1. The Hall–Kier alpha value is -9.83. The third-order valence-electron chi connectivity index (χ3n) is 21.9. The van der Waals surface area contributed by atoms with Gasteiger partial charge in [-0.1, -0.05) is 61.3 Å². The molecule has 10 aliphatic rings. The highest BCUT2D eigenvalue weighted by atomic mass is 35.5. The zero-order chi connectivity index (χ0) is 81.8. The number of primary amides is 1. The molecule has 114 heavy (non-hydrogen) atoms. The number of carbonyl (C=O) groups excluding carboxylic acids is 8. The lowest BCUT2D eigenvalue weighted by Crippen LogP contribution is -2.60. The second kappa shape index (κ2) is 33.2. The van der Waals surface area contributed by atoms with E-state index < -0.39 is 206 Å². The molecule has 6 aromatic carbocycles. The fourth-order valence-electron chi connectivity index (χ4n) is 16.4. The number of rotatable bonds is 18. The van der Waals surface area contributed by atoms with Gasteiger partial charge in [-0.05, 0) is 187 Å². The molecule has 6 aromatic rings. The Morgan fingerprint density at radius 3 is 2.02 bits per heavy atom. The number of ether oxygens (including phenoxy) is 5. The summed E-state index contributed by atoms with van der Waals surface area (Å²) in [5.41, 5.74) is 9.45. The third kappa shape index (κ3) is 16.7. The number of phenols is 1. The van der Waals surface area contributed by atoms with Crippen LogP contribution in [0.5, 0.6) is 40.2 Å². The van der Waals surface area contributed by atoms with Crippen LogP contribution in [0.1, 0.15) is 128 Å². The van der Waals surface area contributed by atoms with Gasteiger partial charge in [0.2, 0.25) is 65.1 Å². The smallest absolute Gasteiger partial charge is 0.264 e. The van der Waals surface area contributed by atoms with Gasteiger partial charge < -0.3 is 118 Å². The zero-order valence-electron chi connectivity index (χ0n) is 61.3. The Balaban J connectivity index is 0.998. The number of likely N-dealkylation sites (N-methyl/N-ethyl adjacent to an activating group) is 1. The number of benzene rings is 6. The van der Waals surface area contributed by atoms with E-state index in [2.05, 4.69) is 37.2 Å². The summed E-state index contributed by atoms with van der Waals surface area (Å²) in [6, 6.07) is 6.97. The van der Waals surface area contributed by atoms with E-state index in [-0.39, 0.29) is 105 Å². The normalized spacial score (nSPS) is 27.8. The number of aromatic hydroxyl groups is 1. The standard InChI is InChI=1S/C77H86Cl2N10O24S/c1-31(2)16-49(82-3)71(100)88-64-65(95)35-6-13-53(48(79)23-35)111-55-25-38-24-54(69(55)113-76-68(98)67(97)66(96)56(30-90)112-76)110-52-12-5-33(22-47(52)78)51(92)29-57(93)84-63(74(103)85-60-37-18-32-17-36(20-37)42(60)19-32)44-26-39(91)27-46-59(44)43-21-34(4-11-45(43)77(46,105)106)61(70(81)99)86-73(102)62(38)87-72(101)50(83-75(64)104)28-58(94)89-114(107,108)41-9-7-40(8-10-41)109-15-14-80/h4-13,21-27,31-32,36-37,42,49-51,56,60-68,76,82,90-92,95-98,105-106H,14-20,28-30,80H2,1-3H3,(H2,81,99)(H,83,104)(H,84,93)(H,85,103)(H,86,102)(H,87,101)(H,88,100)(H,89,94). The molecule has 18 atom stereocenters. The molecule has 13 bridgehead atoms. The van der Waals surface area contributed by atoms with Gasteiger partial charge in [0.15, 0.2) is 11.5 Å². The Morgan fingerprint density at radius 1 is 0.711 bits per heavy atom. The van der Waals surface area contributed by atoms with Crippen LogP contribution in [0.2, 0.25) is 10.0 Å². The number of aliphatic hydroxyl groups is 8. The van der Waals surface area contributed by atoms with Crippen LogP contribution in [-0.2, 0) is 58.9 Å². The molecule has 5 aliphatic heterocycles. The fraction of sp³-hybridized carbons (Fsp3) is 0.429. The van der Waals surface area contributed by atoms with Crippen molar-refractivity contribution in [3.8, 4) is 51.4 Å². The summed E-state index contributed by atoms with van der Waals surface area (Å²) in [5, 5.41) is 122. The van der Waals surface area contributed by atoms with Crippen molar-refractivity contribution in [1.82, 2.24) is 41.9 Å². The first-order valence-electron chi connectivity index (χ1n) is 36.8. The topological polar surface area (TPSA) is 547 Å². The Kier molecular flexibility index (Phi) is 23.9. The minimum atomic E-state index is -4.90. The summed E-state index contributed by atoms with van der Waals surface area (Å²) < 4.78 is 60.7. The Labute approximate surface area is 661 Å². The van der Waals surface area contributed by atoms with Gasteiger partial charge in [-0.2, -0.15) is 0 Å². The maximum Gasteiger partial charge on any atom is 0.264 e. The molecule has 608 valence electrons. The minimum absolute atomic E-state index is 0.0522. The average Bonchev–Trinajstić information content (AvgIpc) is 1.56. The first-order valence-corrected chi connectivity index (χ1v) is 39.1. The molecule has 0 aromatic heterocycles. The van der Waals surface area contributed by atoms with E-state index >= 15 is 19.2 Å². The fourth-order valence-corrected chi connectivity index (χ4v) is 17.9. The molecule has 37 heteroatoms. The minimum Gasteiger partial charge on any atom is -0.508 e. The molecule has 8 amide bonds. The van der Waals surface area contributed by atoms with Crippen LogP contribution in [0.3, 0.4) is 0 Å². The molecule has 34 nitrogen and oxygen atoms in total. The van der Waals surface area contributed by atoms with Gasteiger partial charge in [0.1, 0.15) is 90.3 Å². The number of hydrogen-bond acceptors (Lipinski definition) is 26. The summed E-state index contributed by atoms with van der Waals surface area (Å²) in [6.45, 7) is 2.77. The second-order valence-corrected chi connectivity index (χ2v) is 32.5. The predicted molar refractivity (Wildman–Crippen MR) is 400 cm³/mol. The lowest BCUT2D eigenvalue weighted by molar-refractivity contribution is -0.277. The van der Waals surface area contributed by atoms with Crippen LogP contribution >= 0.6 is 23.2 Å². The SMILES string of the molecule is CNC(CC(C)C)C(=O)NC1C(=O)NC(CC(=O)NS(=O)(=O)c2ccc(OCCN)cc2)C(=O)NC2C(=O)NC(C(N)=O)c3ccc4c(c3)-c3c(cc(O)cc3C4(O)O)C(C(=O)NC3C4CC5CC(C4)C3C5)NC(=O)CC(O)c3ccc(c(Cl)c3)Oc3cc2cc(c3OC2OC(CO)C(O)C(O)C2O)Oc2ccc(cc2Cl)C1O. The van der Waals surface area contributed by atoms with Crippen molar-refractivity contribution in [2.75, 3.05) is 26.8 Å². The molecule has 5 aliphatic carbocycles. The van der Waals surface area contributed by atoms with E-state index in [9.17, 15) is 73.6 Å². The van der Waals surface area contributed by atoms with Gasteiger partial charge in [-0.15, -0.1) is 0 Å². The van der Waals surface area contributed by atoms with E-state index in [0.717, 1.165) is 86.3 Å². The van der Waals surface area contributed by atoms with Gasteiger partial charge in [0, 0.05) is 23.7 Å². The van der Waals surface area contributed by atoms with Crippen molar-refractivity contribution in [1.29, 1.82) is 0 Å². The molecular weight excluding hydrogens is 1550 g/mol. The number of nitrogens with one attached hydrogen (secondary N) is 8. The molecule has 18 unspecified atom stereocenters. The molecule has 0 radical (unpaired) electrons. The van der Waals surface area contributed by atoms with Crippen molar-refractivity contribution in [3.05, 3.63) is 152 Å². The number of amides is 8. The third-order valence-corrected chi connectivity index (χ3v) is 23.9. The van der Waals surface area contributed by atoms with Crippen LogP contribution in [0.4, 0.5) is 0 Å². The highest BCUT2D eigenvalue weighted by Gasteiger charge is 2.55. The van der Waals surface area contributed by atoms with Crippen LogP contribution in [-0.4, -0.2) is 183 Å². The van der Waals surface area contributed by atoms with Gasteiger partial charge in [-0.25, -0.2) is 13.1 Å². The molecule has 0 spiro atoms. The number of aliphatic hydroxyl groups excluding tert-OH is 6. The summed E-state index contributed by atoms with van der Waals surface area (Å²) in [7, 11) is -3.44. The monoisotopic (exact) mass is 1640 g/mol. The van der Waals surface area contributed by atoms with Crippen molar-refractivity contribution < 1.29 is 116 Å². The van der Waals surface area contributed by atoms with E-state index in [1.807, 2.05) is 4.72 Å². The van der Waals surface area contributed by atoms with Crippen molar-refractivity contribution in [3.63, 3.8) is 0 Å². The summed E-state index contributed by atoms with van der Waals surface area (Å²) in [5.74, 6) is -15.3. The van der Waals surface area contributed by atoms with Crippen LogP contribution < -0.4 is 72.4 Å². The largest absolute Gasteiger partial charge is 0.508 e. The number of nitrogens with two attached hydrogens (primary N) is 2. The van der Waals surface area contributed by atoms with E-state index in [1.54, 1.807) is 13.8 Å². The lowest BCUT2D eigenvalue weighted by atomic mass is 9.79. The van der Waals surface area contributed by atoms with Gasteiger partial charge in [0.05, 0.1) is 46.5 Å². The summed E-state index contributed by atoms with van der Waals surface area (Å²) in [6.07, 6.45) is -12.4. The van der Waals surface area contributed by atoms with E-state index in [4.69, 9.17) is 58.4 Å². The molecule has 21 N–H and O–H groups in total. The quantitative estimate of drug-likeness (QED) is 0.0537. The van der Waals surface area contributed by atoms with Crippen molar-refractivity contribution >= 4 is 80.5 Å². The lowest BCUT2D eigenvalue weighted by Gasteiger charge is -2.39. The van der Waals surface area contributed by atoms with Gasteiger partial charge >= 0.3 is 0 Å². The number of phenolic OH excluding ortho intramolecular Hbond substituents is 1. The van der Waals surface area contributed by atoms with Crippen LogP contribution in [0.25, 0.3) is 11.1 Å². The van der Waals surface area contributed by atoms with Gasteiger partial charge in [-0.3, -0.25) is 38.4 Å². The molecule has 16 rings (SSSR count). The van der Waals surface area contributed by atoms with Crippen molar-refractivity contribution in [2.24, 2.45) is 41.1 Å². The number of halogens is 2. The zero-order valence-corrected chi connectivity index (χ0v) is 63.7.